The van der Waals surface area contributed by atoms with Gasteiger partial charge in [0, 0.05) is 19.3 Å². The minimum atomic E-state index is 1.06. The quantitative estimate of drug-likeness (QED) is 0.466. The van der Waals surface area contributed by atoms with Crippen LogP contribution in [0.5, 0.6) is 0 Å². The third kappa shape index (κ3) is 7.78. The summed E-state index contributed by atoms with van der Waals surface area (Å²) in [5.41, 5.74) is 1.15. The van der Waals surface area contributed by atoms with Gasteiger partial charge in [-0.05, 0) is 32.3 Å². The summed E-state index contributed by atoms with van der Waals surface area (Å²) in [6, 6.07) is 0. The van der Waals surface area contributed by atoms with Crippen molar-refractivity contribution in [2.45, 2.75) is 54.4 Å². The maximum atomic E-state index is 4.44. The molecule has 0 aliphatic rings. The molecule has 100 valence electrons. The molecule has 0 fully saturated rings. The highest BCUT2D eigenvalue weighted by Crippen LogP contribution is 2.13. The van der Waals surface area contributed by atoms with Gasteiger partial charge in [0.1, 0.15) is 5.82 Å². The zero-order chi connectivity index (χ0) is 13.7. The molecule has 0 N–H and O–H groups in total. The minimum absolute atomic E-state index is 1.06. The van der Waals surface area contributed by atoms with E-state index >= 15 is 0 Å². The molecule has 0 aliphatic carbocycles. The van der Waals surface area contributed by atoms with E-state index in [-0.39, 0.29) is 0 Å². The molecule has 0 aliphatic heterocycles. The second-order valence-electron chi connectivity index (χ2n) is 3.59. The van der Waals surface area contributed by atoms with Gasteiger partial charge >= 0.3 is 0 Å². The van der Waals surface area contributed by atoms with Crippen molar-refractivity contribution in [3.05, 3.63) is 24.0 Å². The van der Waals surface area contributed by atoms with Crippen LogP contribution in [0.2, 0.25) is 0 Å². The summed E-state index contributed by atoms with van der Waals surface area (Å²) in [5, 5.41) is 0. The van der Waals surface area contributed by atoms with E-state index < -0.39 is 0 Å². The topological polar surface area (TPSA) is 15.6 Å². The Labute approximate surface area is 108 Å². The Kier molecular flexibility index (Phi) is 14.0. The Morgan fingerprint density at radius 1 is 1.18 bits per heavy atom. The van der Waals surface area contributed by atoms with E-state index in [9.17, 15) is 0 Å². The standard InChI is InChI=1S/C13H24N2.C2H6/c1-6-10-15(11-7-2)13(14-9-4)12(5)8-3;1-2/h8-9H,3,6-7,10-11H2,1-2,4-5H3;1-2H3/b13-12+,14-9-;. The van der Waals surface area contributed by atoms with Crippen molar-refractivity contribution in [3.63, 3.8) is 0 Å². The Morgan fingerprint density at radius 3 is 1.94 bits per heavy atom. The van der Waals surface area contributed by atoms with Crippen molar-refractivity contribution in [2.24, 2.45) is 4.99 Å². The Bertz CT molecular complexity index is 233. The van der Waals surface area contributed by atoms with Crippen LogP contribution in [0.25, 0.3) is 0 Å². The van der Waals surface area contributed by atoms with Crippen LogP contribution in [0.15, 0.2) is 29.0 Å². The summed E-state index contributed by atoms with van der Waals surface area (Å²) < 4.78 is 0. The molecule has 17 heavy (non-hydrogen) atoms. The fourth-order valence-electron chi connectivity index (χ4n) is 1.51. The lowest BCUT2D eigenvalue weighted by molar-refractivity contribution is 0.339. The Hall–Kier alpha value is -1.05. The molecule has 0 unspecified atom stereocenters. The predicted octanol–water partition coefficient (Wildman–Crippen LogP) is 4.64. The smallest absolute Gasteiger partial charge is 0.130 e. The van der Waals surface area contributed by atoms with Gasteiger partial charge in [0.15, 0.2) is 0 Å². The molecule has 0 amide bonds. The van der Waals surface area contributed by atoms with Gasteiger partial charge in [0.2, 0.25) is 0 Å². The van der Waals surface area contributed by atoms with Gasteiger partial charge in [0.25, 0.3) is 0 Å². The van der Waals surface area contributed by atoms with Crippen LogP contribution < -0.4 is 0 Å². The first-order valence-corrected chi connectivity index (χ1v) is 6.78. The number of hydrogen-bond donors (Lipinski definition) is 0. The highest BCUT2D eigenvalue weighted by molar-refractivity contribution is 5.55. The molecule has 0 radical (unpaired) electrons. The largest absolute Gasteiger partial charge is 0.356 e. The molecule has 0 aromatic heterocycles. The minimum Gasteiger partial charge on any atom is -0.356 e. The number of nitrogens with zero attached hydrogens (tertiary/aromatic N) is 2. The van der Waals surface area contributed by atoms with Gasteiger partial charge in [-0.3, -0.25) is 0 Å². The van der Waals surface area contributed by atoms with Crippen molar-refractivity contribution in [1.29, 1.82) is 0 Å². The number of hydrogen-bond acceptors (Lipinski definition) is 2. The maximum Gasteiger partial charge on any atom is 0.130 e. The monoisotopic (exact) mass is 238 g/mol. The molecule has 0 rings (SSSR count). The first kappa shape index (κ1) is 18.3. The molecule has 0 heterocycles. The van der Waals surface area contributed by atoms with Crippen LogP contribution in [0.4, 0.5) is 0 Å². The average Bonchev–Trinajstić information content (AvgIpc) is 2.37. The molecule has 0 aromatic carbocycles. The lowest BCUT2D eigenvalue weighted by atomic mass is 10.2. The van der Waals surface area contributed by atoms with E-state index in [1.54, 1.807) is 0 Å². The third-order valence-corrected chi connectivity index (χ3v) is 2.20. The van der Waals surface area contributed by atoms with Gasteiger partial charge in [-0.1, -0.05) is 40.3 Å². The summed E-state index contributed by atoms with van der Waals surface area (Å²) in [7, 11) is 0. The zero-order valence-electron chi connectivity index (χ0n) is 12.6. The van der Waals surface area contributed by atoms with E-state index in [4.69, 9.17) is 0 Å². The molecule has 0 saturated heterocycles. The van der Waals surface area contributed by atoms with Gasteiger partial charge in [-0.15, -0.1) is 0 Å². The van der Waals surface area contributed by atoms with Crippen molar-refractivity contribution in [3.8, 4) is 0 Å². The van der Waals surface area contributed by atoms with E-state index in [1.165, 1.54) is 0 Å². The second-order valence-corrected chi connectivity index (χ2v) is 3.59. The van der Waals surface area contributed by atoms with E-state index in [2.05, 4.69) is 37.2 Å². The van der Waals surface area contributed by atoms with Gasteiger partial charge in [-0.25, -0.2) is 4.99 Å². The summed E-state index contributed by atoms with van der Waals surface area (Å²) in [6.07, 6.45) is 6.02. The van der Waals surface area contributed by atoms with Crippen LogP contribution in [-0.4, -0.2) is 24.2 Å². The molecule has 0 bridgehead atoms. The highest BCUT2D eigenvalue weighted by Gasteiger charge is 2.07. The Morgan fingerprint density at radius 2 is 1.65 bits per heavy atom. The van der Waals surface area contributed by atoms with Crippen LogP contribution in [-0.2, 0) is 0 Å². The normalized spacial score (nSPS) is 11.6. The van der Waals surface area contributed by atoms with Crippen molar-refractivity contribution in [1.82, 2.24) is 4.90 Å². The maximum absolute atomic E-state index is 4.44. The summed E-state index contributed by atoms with van der Waals surface area (Å²) >= 11 is 0. The van der Waals surface area contributed by atoms with Crippen LogP contribution in [0.3, 0.4) is 0 Å². The molecule has 0 saturated carbocycles. The van der Waals surface area contributed by atoms with Crippen molar-refractivity contribution < 1.29 is 0 Å². The van der Waals surface area contributed by atoms with Gasteiger partial charge in [-0.2, -0.15) is 0 Å². The third-order valence-electron chi connectivity index (χ3n) is 2.20. The lowest BCUT2D eigenvalue weighted by Gasteiger charge is -2.25. The summed E-state index contributed by atoms with van der Waals surface area (Å²) in [4.78, 5) is 6.77. The molecule has 0 spiro atoms. The van der Waals surface area contributed by atoms with Crippen molar-refractivity contribution in [2.75, 3.05) is 13.1 Å². The zero-order valence-corrected chi connectivity index (χ0v) is 12.6. The lowest BCUT2D eigenvalue weighted by Crippen LogP contribution is -2.25. The predicted molar refractivity (Wildman–Crippen MR) is 80.6 cm³/mol. The molecular weight excluding hydrogens is 208 g/mol. The molecule has 2 nitrogen and oxygen atoms in total. The summed E-state index contributed by atoms with van der Waals surface area (Å²) in [6.45, 7) is 18.3. The molecule has 2 heteroatoms. The van der Waals surface area contributed by atoms with E-state index in [0.29, 0.717) is 0 Å². The van der Waals surface area contributed by atoms with Crippen LogP contribution >= 0.6 is 0 Å². The number of allylic oxidation sites excluding steroid dienone is 2. The average molecular weight is 238 g/mol. The molecule has 0 atom stereocenters. The van der Waals surface area contributed by atoms with Crippen LogP contribution in [0.1, 0.15) is 54.4 Å². The SMILES string of the molecule is C=C/C(C)=C(\N=C/C)N(CCC)CCC.CC. The van der Waals surface area contributed by atoms with Gasteiger partial charge < -0.3 is 4.90 Å². The van der Waals surface area contributed by atoms with E-state index in [0.717, 1.165) is 37.3 Å². The highest BCUT2D eigenvalue weighted by atomic mass is 15.2. The number of aliphatic imine (C=N–C) groups is 1. The van der Waals surface area contributed by atoms with Gasteiger partial charge in [0.05, 0.1) is 0 Å². The fourth-order valence-corrected chi connectivity index (χ4v) is 1.51. The van der Waals surface area contributed by atoms with E-state index in [1.807, 2.05) is 33.1 Å². The summed E-state index contributed by atoms with van der Waals surface area (Å²) in [5.74, 6) is 1.07. The fraction of sp³-hybridized carbons (Fsp3) is 0.667. The molecule has 0 aromatic rings. The number of rotatable bonds is 7. The first-order chi connectivity index (χ1) is 8.21. The first-order valence-electron chi connectivity index (χ1n) is 6.78. The molecular formula is C15H30N2. The Balaban J connectivity index is 0. The second kappa shape index (κ2) is 13.0. The van der Waals surface area contributed by atoms with Crippen molar-refractivity contribution >= 4 is 6.21 Å². The van der Waals surface area contributed by atoms with Crippen LogP contribution in [0, 0.1) is 0 Å².